The van der Waals surface area contributed by atoms with Gasteiger partial charge in [-0.25, -0.2) is 9.18 Å². The van der Waals surface area contributed by atoms with Crippen molar-refractivity contribution in [2.24, 2.45) is 0 Å². The zero-order valence-electron chi connectivity index (χ0n) is 15.6. The summed E-state index contributed by atoms with van der Waals surface area (Å²) in [7, 11) is 3.24. The van der Waals surface area contributed by atoms with Crippen LogP contribution in [-0.2, 0) is 11.3 Å². The third-order valence-corrected chi connectivity index (χ3v) is 5.17. The van der Waals surface area contributed by atoms with E-state index in [1.54, 1.807) is 43.3 Å². The molecule has 0 saturated carbocycles. The zero-order valence-corrected chi connectivity index (χ0v) is 15.6. The highest BCUT2D eigenvalue weighted by Crippen LogP contribution is 2.36. The number of hydrogen-bond acceptors (Lipinski definition) is 3. The Labute approximate surface area is 162 Å². The van der Waals surface area contributed by atoms with Crippen LogP contribution in [0.15, 0.2) is 59.8 Å². The van der Waals surface area contributed by atoms with Crippen molar-refractivity contribution >= 4 is 11.9 Å². The van der Waals surface area contributed by atoms with E-state index < -0.39 is 6.04 Å². The number of amides is 3. The summed E-state index contributed by atoms with van der Waals surface area (Å²) in [6, 6.07) is 12.6. The molecule has 2 aliphatic heterocycles. The van der Waals surface area contributed by atoms with Crippen molar-refractivity contribution in [1.82, 2.24) is 15.1 Å². The normalized spacial score (nSPS) is 19.0. The van der Waals surface area contributed by atoms with Crippen LogP contribution >= 0.6 is 0 Å². The van der Waals surface area contributed by atoms with Gasteiger partial charge in [0, 0.05) is 13.6 Å². The Kier molecular flexibility index (Phi) is 4.50. The average Bonchev–Trinajstić information content (AvgIpc) is 3.03. The van der Waals surface area contributed by atoms with Gasteiger partial charge in [0.2, 0.25) is 0 Å². The first-order valence-corrected chi connectivity index (χ1v) is 8.93. The third-order valence-electron chi connectivity index (χ3n) is 5.17. The lowest BCUT2D eigenvalue weighted by atomic mass is 9.95. The second-order valence-electron chi connectivity index (χ2n) is 6.86. The van der Waals surface area contributed by atoms with E-state index in [9.17, 15) is 14.0 Å². The molecule has 6 nitrogen and oxygen atoms in total. The SMILES string of the molecule is COc1ccc([C@@H]2NC(=O)N(C)C3=C2C(=O)N(Cc2ccc(F)cc2)C3)cc1. The number of carbonyl (C=O) groups is 2. The maximum absolute atomic E-state index is 13.2. The second kappa shape index (κ2) is 6.99. The molecule has 0 fully saturated rings. The summed E-state index contributed by atoms with van der Waals surface area (Å²) in [5.41, 5.74) is 2.90. The second-order valence-corrected chi connectivity index (χ2v) is 6.86. The van der Waals surface area contributed by atoms with E-state index in [4.69, 9.17) is 4.74 Å². The molecule has 0 radical (unpaired) electrons. The summed E-state index contributed by atoms with van der Waals surface area (Å²) in [6.07, 6.45) is 0. The average molecular weight is 381 g/mol. The largest absolute Gasteiger partial charge is 0.497 e. The van der Waals surface area contributed by atoms with Crippen LogP contribution in [0.5, 0.6) is 5.75 Å². The standard InChI is InChI=1S/C21H20FN3O3/c1-24-17-12-25(11-13-3-7-15(22)8-4-13)20(26)18(17)19(23-21(24)27)14-5-9-16(28-2)10-6-14/h3-10,19H,11-12H2,1-2H3,(H,23,27)/t19-/m0/s1. The topological polar surface area (TPSA) is 61.9 Å². The highest BCUT2D eigenvalue weighted by molar-refractivity contribution is 6.01. The van der Waals surface area contributed by atoms with Gasteiger partial charge in [0.15, 0.2) is 0 Å². The molecule has 1 atom stereocenters. The van der Waals surface area contributed by atoms with Gasteiger partial charge in [-0.1, -0.05) is 24.3 Å². The van der Waals surface area contributed by atoms with Crippen LogP contribution in [0.4, 0.5) is 9.18 Å². The van der Waals surface area contributed by atoms with Gasteiger partial charge in [-0.15, -0.1) is 0 Å². The van der Waals surface area contributed by atoms with Crippen LogP contribution in [-0.4, -0.2) is 42.4 Å². The van der Waals surface area contributed by atoms with Gasteiger partial charge in [-0.3, -0.25) is 9.69 Å². The molecule has 1 N–H and O–H groups in total. The first-order valence-electron chi connectivity index (χ1n) is 8.93. The molecule has 3 amide bonds. The quantitative estimate of drug-likeness (QED) is 0.886. The molecule has 7 heteroatoms. The Bertz CT molecular complexity index is 954. The number of methoxy groups -OCH3 is 1. The molecule has 4 rings (SSSR count). The summed E-state index contributed by atoms with van der Waals surface area (Å²) in [6.45, 7) is 0.686. The minimum atomic E-state index is -0.518. The van der Waals surface area contributed by atoms with Crippen LogP contribution in [0.3, 0.4) is 0 Å². The molecule has 0 unspecified atom stereocenters. The number of nitrogens with zero attached hydrogens (tertiary/aromatic N) is 2. The maximum Gasteiger partial charge on any atom is 0.322 e. The molecule has 0 spiro atoms. The van der Waals surface area contributed by atoms with Crippen molar-refractivity contribution in [3.63, 3.8) is 0 Å². The number of carbonyl (C=O) groups excluding carboxylic acids is 2. The third kappa shape index (κ3) is 3.09. The first kappa shape index (κ1) is 18.0. The lowest BCUT2D eigenvalue weighted by molar-refractivity contribution is -0.126. The summed E-state index contributed by atoms with van der Waals surface area (Å²) in [4.78, 5) is 28.8. The molecule has 2 heterocycles. The summed E-state index contributed by atoms with van der Waals surface area (Å²) >= 11 is 0. The minimum Gasteiger partial charge on any atom is -0.497 e. The molecule has 2 aromatic rings. The van der Waals surface area contributed by atoms with Gasteiger partial charge >= 0.3 is 6.03 Å². The van der Waals surface area contributed by atoms with E-state index in [-0.39, 0.29) is 17.8 Å². The fourth-order valence-corrected chi connectivity index (χ4v) is 3.61. The molecular formula is C21H20FN3O3. The van der Waals surface area contributed by atoms with E-state index in [1.807, 2.05) is 12.1 Å². The number of halogens is 1. The van der Waals surface area contributed by atoms with Crippen molar-refractivity contribution in [3.05, 3.63) is 76.7 Å². The van der Waals surface area contributed by atoms with Crippen molar-refractivity contribution in [2.45, 2.75) is 12.6 Å². The Hall–Kier alpha value is -3.35. The van der Waals surface area contributed by atoms with Crippen molar-refractivity contribution in [1.29, 1.82) is 0 Å². The molecule has 2 aliphatic rings. The van der Waals surface area contributed by atoms with E-state index in [1.165, 1.54) is 17.0 Å². The lowest BCUT2D eigenvalue weighted by Gasteiger charge is -2.31. The lowest BCUT2D eigenvalue weighted by Crippen LogP contribution is -2.45. The van der Waals surface area contributed by atoms with Crippen LogP contribution < -0.4 is 10.1 Å². The number of nitrogens with one attached hydrogen (secondary N) is 1. The number of rotatable bonds is 4. The number of hydrogen-bond donors (Lipinski definition) is 1. The van der Waals surface area contributed by atoms with Crippen LogP contribution in [0.25, 0.3) is 0 Å². The van der Waals surface area contributed by atoms with E-state index in [2.05, 4.69) is 5.32 Å². The van der Waals surface area contributed by atoms with Crippen LogP contribution in [0.2, 0.25) is 0 Å². The number of ether oxygens (including phenoxy) is 1. The van der Waals surface area contributed by atoms with Gasteiger partial charge < -0.3 is 15.0 Å². The fraction of sp³-hybridized carbons (Fsp3) is 0.238. The van der Waals surface area contributed by atoms with E-state index in [0.717, 1.165) is 11.1 Å². The molecule has 0 aromatic heterocycles. The van der Waals surface area contributed by atoms with E-state index in [0.29, 0.717) is 30.1 Å². The summed E-state index contributed by atoms with van der Waals surface area (Å²) in [5.74, 6) is 0.253. The van der Waals surface area contributed by atoms with Crippen LogP contribution in [0.1, 0.15) is 17.2 Å². The summed E-state index contributed by atoms with van der Waals surface area (Å²) < 4.78 is 18.3. The van der Waals surface area contributed by atoms with E-state index >= 15 is 0 Å². The van der Waals surface area contributed by atoms with Gasteiger partial charge in [-0.2, -0.15) is 0 Å². The highest BCUT2D eigenvalue weighted by Gasteiger charge is 2.42. The molecule has 2 aromatic carbocycles. The molecule has 28 heavy (non-hydrogen) atoms. The number of benzene rings is 2. The fourth-order valence-electron chi connectivity index (χ4n) is 3.61. The molecule has 0 saturated heterocycles. The molecule has 0 bridgehead atoms. The smallest absolute Gasteiger partial charge is 0.322 e. The molecule has 144 valence electrons. The first-order chi connectivity index (χ1) is 13.5. The number of likely N-dealkylation sites (N-methyl/N-ethyl adjacent to an activating group) is 1. The monoisotopic (exact) mass is 381 g/mol. The van der Waals surface area contributed by atoms with Crippen molar-refractivity contribution < 1.29 is 18.7 Å². The predicted molar refractivity (Wildman–Crippen MR) is 101 cm³/mol. The molecule has 0 aliphatic carbocycles. The summed E-state index contributed by atoms with van der Waals surface area (Å²) in [5, 5.41) is 2.90. The van der Waals surface area contributed by atoms with Crippen molar-refractivity contribution in [2.75, 3.05) is 20.7 Å². The van der Waals surface area contributed by atoms with Gasteiger partial charge in [0.25, 0.3) is 5.91 Å². The Morgan fingerprint density at radius 2 is 1.79 bits per heavy atom. The van der Waals surface area contributed by atoms with Gasteiger partial charge in [0.1, 0.15) is 11.6 Å². The highest BCUT2D eigenvalue weighted by atomic mass is 19.1. The minimum absolute atomic E-state index is 0.132. The van der Waals surface area contributed by atoms with Crippen LogP contribution in [0, 0.1) is 5.82 Å². The predicted octanol–water partition coefficient (Wildman–Crippen LogP) is 2.83. The van der Waals surface area contributed by atoms with Gasteiger partial charge in [0.05, 0.1) is 31.0 Å². The number of urea groups is 1. The van der Waals surface area contributed by atoms with Gasteiger partial charge in [-0.05, 0) is 35.4 Å². The Balaban J connectivity index is 1.64. The maximum atomic E-state index is 13.2. The Morgan fingerprint density at radius 1 is 1.11 bits per heavy atom. The Morgan fingerprint density at radius 3 is 2.43 bits per heavy atom. The zero-order chi connectivity index (χ0) is 19.8. The molecular weight excluding hydrogens is 361 g/mol. The van der Waals surface area contributed by atoms with Crippen molar-refractivity contribution in [3.8, 4) is 5.75 Å².